The van der Waals surface area contributed by atoms with E-state index in [0.717, 1.165) is 11.5 Å². The second-order valence-corrected chi connectivity index (χ2v) is 3.44. The van der Waals surface area contributed by atoms with E-state index in [-0.39, 0.29) is 11.8 Å². The summed E-state index contributed by atoms with van der Waals surface area (Å²) in [5, 5.41) is 2.78. The highest BCUT2D eigenvalue weighted by Gasteiger charge is 2.25. The molecule has 0 radical (unpaired) electrons. The lowest BCUT2D eigenvalue weighted by molar-refractivity contribution is -0.119. The maximum atomic E-state index is 11.0. The van der Waals surface area contributed by atoms with E-state index in [1.165, 1.54) is 0 Å². The predicted octanol–water partition coefficient (Wildman–Crippen LogP) is 1.03. The Morgan fingerprint density at radius 3 is 3.14 bits per heavy atom. The van der Waals surface area contributed by atoms with Gasteiger partial charge in [0.2, 0.25) is 5.91 Å². The molecule has 1 saturated heterocycles. The number of carbonyl (C=O) groups is 1. The molecule has 1 fully saturated rings. The van der Waals surface area contributed by atoms with E-state index in [1.807, 2.05) is 12.1 Å². The fourth-order valence-corrected chi connectivity index (χ4v) is 1.64. The number of hydrogen-bond acceptors (Lipinski definition) is 3. The highest BCUT2D eigenvalue weighted by Crippen LogP contribution is 2.24. The molecule has 1 aliphatic heterocycles. The molecule has 0 aliphatic carbocycles. The summed E-state index contributed by atoms with van der Waals surface area (Å²) in [5.41, 5.74) is 0. The van der Waals surface area contributed by atoms with Crippen molar-refractivity contribution in [1.82, 2.24) is 5.32 Å². The number of methoxy groups -OCH3 is 1. The summed E-state index contributed by atoms with van der Waals surface area (Å²) in [6.07, 6.45) is 0.528. The number of nitrogens with one attached hydrogen (secondary N) is 1. The van der Waals surface area contributed by atoms with E-state index in [0.29, 0.717) is 19.6 Å². The number of furan rings is 1. The Morgan fingerprint density at radius 1 is 1.64 bits per heavy atom. The fourth-order valence-electron chi connectivity index (χ4n) is 1.64. The molecule has 4 heteroatoms. The number of rotatable bonds is 3. The minimum absolute atomic E-state index is 0.0969. The molecule has 2 heterocycles. The number of ether oxygens (including phenoxy) is 1. The molecule has 2 rings (SSSR count). The van der Waals surface area contributed by atoms with Gasteiger partial charge in [-0.25, -0.2) is 0 Å². The maximum Gasteiger partial charge on any atom is 0.220 e. The van der Waals surface area contributed by atoms with E-state index in [1.54, 1.807) is 7.11 Å². The summed E-state index contributed by atoms with van der Waals surface area (Å²) >= 11 is 0. The van der Waals surface area contributed by atoms with Crippen molar-refractivity contribution < 1.29 is 13.9 Å². The van der Waals surface area contributed by atoms with Crippen molar-refractivity contribution in [3.8, 4) is 0 Å². The third-order valence-corrected chi connectivity index (χ3v) is 2.35. The average Bonchev–Trinajstić information content (AvgIpc) is 2.74. The zero-order valence-electron chi connectivity index (χ0n) is 8.08. The van der Waals surface area contributed by atoms with Crippen LogP contribution in [0.1, 0.15) is 23.9 Å². The Bertz CT molecular complexity index is 332. The van der Waals surface area contributed by atoms with Crippen LogP contribution in [0.2, 0.25) is 0 Å². The Labute approximate surface area is 82.2 Å². The Hall–Kier alpha value is -1.29. The topological polar surface area (TPSA) is 51.5 Å². The molecule has 1 atom stereocenters. The SMILES string of the molecule is COCc1ccc(C2CNC(=O)C2)o1. The van der Waals surface area contributed by atoms with E-state index >= 15 is 0 Å². The quantitative estimate of drug-likeness (QED) is 0.783. The molecule has 76 valence electrons. The molecule has 1 aliphatic rings. The normalized spacial score (nSPS) is 21.2. The average molecular weight is 195 g/mol. The summed E-state index contributed by atoms with van der Waals surface area (Å²) in [6, 6.07) is 3.81. The van der Waals surface area contributed by atoms with Gasteiger partial charge in [-0.15, -0.1) is 0 Å². The molecule has 1 N–H and O–H groups in total. The molecule has 1 amide bonds. The minimum atomic E-state index is 0.0969. The molecule has 4 nitrogen and oxygen atoms in total. The van der Waals surface area contributed by atoms with Gasteiger partial charge in [0.05, 0.1) is 0 Å². The lowest BCUT2D eigenvalue weighted by Crippen LogP contribution is -2.13. The predicted molar refractivity (Wildman–Crippen MR) is 49.8 cm³/mol. The van der Waals surface area contributed by atoms with Gasteiger partial charge in [-0.3, -0.25) is 4.79 Å². The van der Waals surface area contributed by atoms with Crippen LogP contribution in [0, 0.1) is 0 Å². The molecule has 1 aromatic heterocycles. The highest BCUT2D eigenvalue weighted by molar-refractivity contribution is 5.79. The van der Waals surface area contributed by atoms with E-state index in [4.69, 9.17) is 9.15 Å². The smallest absolute Gasteiger partial charge is 0.220 e. The van der Waals surface area contributed by atoms with Crippen molar-refractivity contribution in [2.24, 2.45) is 0 Å². The van der Waals surface area contributed by atoms with Crippen LogP contribution in [-0.2, 0) is 16.1 Å². The molecule has 1 aromatic rings. The Kier molecular flexibility index (Phi) is 2.54. The van der Waals surface area contributed by atoms with E-state index in [2.05, 4.69) is 5.32 Å². The van der Waals surface area contributed by atoms with Gasteiger partial charge in [0.1, 0.15) is 18.1 Å². The highest BCUT2D eigenvalue weighted by atomic mass is 16.5. The third-order valence-electron chi connectivity index (χ3n) is 2.35. The van der Waals surface area contributed by atoms with Crippen LogP contribution in [0.3, 0.4) is 0 Å². The molecular formula is C10H13NO3. The van der Waals surface area contributed by atoms with Crippen molar-refractivity contribution in [1.29, 1.82) is 0 Å². The van der Waals surface area contributed by atoms with Gasteiger partial charge >= 0.3 is 0 Å². The summed E-state index contributed by atoms with van der Waals surface area (Å²) < 4.78 is 10.5. The third kappa shape index (κ3) is 1.80. The van der Waals surface area contributed by atoms with Crippen LogP contribution in [0.5, 0.6) is 0 Å². The lowest BCUT2D eigenvalue weighted by atomic mass is 10.1. The molecule has 1 unspecified atom stereocenters. The summed E-state index contributed by atoms with van der Waals surface area (Å²) in [7, 11) is 1.63. The molecule has 0 bridgehead atoms. The number of hydrogen-bond donors (Lipinski definition) is 1. The lowest BCUT2D eigenvalue weighted by Gasteiger charge is -2.01. The Morgan fingerprint density at radius 2 is 2.50 bits per heavy atom. The van der Waals surface area contributed by atoms with Gasteiger partial charge in [0, 0.05) is 26.0 Å². The van der Waals surface area contributed by atoms with Crippen LogP contribution >= 0.6 is 0 Å². The first kappa shape index (κ1) is 9.27. The van der Waals surface area contributed by atoms with Gasteiger partial charge in [0.15, 0.2) is 0 Å². The standard InChI is InChI=1S/C10H13NO3/c1-13-6-8-2-3-9(14-8)7-4-10(12)11-5-7/h2-3,7H,4-6H2,1H3,(H,11,12). The van der Waals surface area contributed by atoms with Crippen LogP contribution in [0.15, 0.2) is 16.5 Å². The minimum Gasteiger partial charge on any atom is -0.463 e. The van der Waals surface area contributed by atoms with Crippen LogP contribution in [-0.4, -0.2) is 19.6 Å². The molecule has 0 saturated carbocycles. The fraction of sp³-hybridized carbons (Fsp3) is 0.500. The summed E-state index contributed by atoms with van der Waals surface area (Å²) in [5.74, 6) is 1.96. The van der Waals surface area contributed by atoms with E-state index < -0.39 is 0 Å². The van der Waals surface area contributed by atoms with Crippen LogP contribution < -0.4 is 5.32 Å². The second-order valence-electron chi connectivity index (χ2n) is 3.44. The molecule has 0 spiro atoms. The Balaban J connectivity index is 2.05. The molecule has 14 heavy (non-hydrogen) atoms. The van der Waals surface area contributed by atoms with Crippen LogP contribution in [0.25, 0.3) is 0 Å². The number of amides is 1. The zero-order chi connectivity index (χ0) is 9.97. The van der Waals surface area contributed by atoms with Crippen molar-refractivity contribution in [2.45, 2.75) is 18.9 Å². The number of carbonyl (C=O) groups excluding carboxylic acids is 1. The first-order valence-corrected chi connectivity index (χ1v) is 4.64. The van der Waals surface area contributed by atoms with Gasteiger partial charge in [-0.1, -0.05) is 0 Å². The van der Waals surface area contributed by atoms with Gasteiger partial charge < -0.3 is 14.5 Å². The van der Waals surface area contributed by atoms with Crippen molar-refractivity contribution in [3.63, 3.8) is 0 Å². The summed E-state index contributed by atoms with van der Waals surface area (Å²) in [4.78, 5) is 11.0. The van der Waals surface area contributed by atoms with Gasteiger partial charge in [-0.05, 0) is 12.1 Å². The van der Waals surface area contributed by atoms with Crippen LogP contribution in [0.4, 0.5) is 0 Å². The second kappa shape index (κ2) is 3.84. The maximum absolute atomic E-state index is 11.0. The van der Waals surface area contributed by atoms with Gasteiger partial charge in [-0.2, -0.15) is 0 Å². The molecular weight excluding hydrogens is 182 g/mol. The largest absolute Gasteiger partial charge is 0.463 e. The van der Waals surface area contributed by atoms with Crippen molar-refractivity contribution in [2.75, 3.05) is 13.7 Å². The first-order chi connectivity index (χ1) is 6.79. The monoisotopic (exact) mass is 195 g/mol. The van der Waals surface area contributed by atoms with Gasteiger partial charge in [0.25, 0.3) is 0 Å². The van der Waals surface area contributed by atoms with Crippen molar-refractivity contribution >= 4 is 5.91 Å². The first-order valence-electron chi connectivity index (χ1n) is 4.64. The van der Waals surface area contributed by atoms with Crippen molar-refractivity contribution in [3.05, 3.63) is 23.7 Å². The summed E-state index contributed by atoms with van der Waals surface area (Å²) in [6.45, 7) is 1.16. The van der Waals surface area contributed by atoms with E-state index in [9.17, 15) is 4.79 Å². The zero-order valence-corrected chi connectivity index (χ0v) is 8.08. The molecule has 0 aromatic carbocycles.